The summed E-state index contributed by atoms with van der Waals surface area (Å²) in [5.41, 5.74) is 4.51. The largest absolute Gasteiger partial charge is 0.495 e. The number of fused-ring (bicyclic) bond motifs is 1. The lowest BCUT2D eigenvalue weighted by molar-refractivity contribution is -0.123. The molecule has 0 aliphatic heterocycles. The smallest absolute Gasteiger partial charge is 0.220 e. The molecule has 1 saturated carbocycles. The number of nitrogens with one attached hydrogen (secondary N) is 2. The van der Waals surface area contributed by atoms with Gasteiger partial charge in [-0.15, -0.1) is 0 Å². The van der Waals surface area contributed by atoms with Crippen LogP contribution in [-0.4, -0.2) is 39.4 Å². The number of aryl methyl sites for hydroxylation is 2. The minimum absolute atomic E-state index is 0.00164. The lowest BCUT2D eigenvalue weighted by atomic mass is 9.75. The van der Waals surface area contributed by atoms with Gasteiger partial charge in [-0.1, -0.05) is 0 Å². The zero-order chi connectivity index (χ0) is 19.5. The molecule has 2 aromatic rings. The molecular formula is C21H28N4O3. The molecule has 2 aliphatic carbocycles. The molecule has 0 aromatic carbocycles. The number of H-pyrrole nitrogens is 1. The predicted octanol–water partition coefficient (Wildman–Crippen LogP) is 2.25. The Hall–Kier alpha value is -2.41. The third-order valence-corrected chi connectivity index (χ3v) is 6.00. The number of rotatable bonds is 7. The highest BCUT2D eigenvalue weighted by atomic mass is 16.5. The van der Waals surface area contributed by atoms with Gasteiger partial charge in [-0.3, -0.25) is 14.9 Å². The summed E-state index contributed by atoms with van der Waals surface area (Å²) in [4.78, 5) is 16.9. The van der Waals surface area contributed by atoms with E-state index in [0.717, 1.165) is 24.1 Å². The van der Waals surface area contributed by atoms with E-state index in [1.807, 2.05) is 6.07 Å². The van der Waals surface area contributed by atoms with Gasteiger partial charge >= 0.3 is 0 Å². The second-order valence-electron chi connectivity index (χ2n) is 7.92. The van der Waals surface area contributed by atoms with E-state index in [9.17, 15) is 9.90 Å². The molecule has 0 saturated heterocycles. The second-order valence-corrected chi connectivity index (χ2v) is 7.92. The van der Waals surface area contributed by atoms with Gasteiger partial charge in [0.15, 0.2) is 0 Å². The molecule has 2 aliphatic rings. The van der Waals surface area contributed by atoms with E-state index in [4.69, 9.17) is 4.74 Å². The van der Waals surface area contributed by atoms with Gasteiger partial charge in [-0.25, -0.2) is 0 Å². The van der Waals surface area contributed by atoms with Crippen molar-refractivity contribution in [1.82, 2.24) is 20.5 Å². The molecule has 1 unspecified atom stereocenters. The van der Waals surface area contributed by atoms with E-state index in [2.05, 4.69) is 20.5 Å². The summed E-state index contributed by atoms with van der Waals surface area (Å²) in [5, 5.41) is 20.5. The molecule has 2 aromatic heterocycles. The van der Waals surface area contributed by atoms with Crippen molar-refractivity contribution in [2.75, 3.05) is 7.11 Å². The van der Waals surface area contributed by atoms with Crippen LogP contribution in [0, 0.1) is 5.92 Å². The maximum absolute atomic E-state index is 12.7. The molecule has 1 amide bonds. The molecule has 150 valence electrons. The zero-order valence-corrected chi connectivity index (χ0v) is 16.3. The van der Waals surface area contributed by atoms with Gasteiger partial charge in [0.1, 0.15) is 5.75 Å². The van der Waals surface area contributed by atoms with Gasteiger partial charge in [0, 0.05) is 24.7 Å². The van der Waals surface area contributed by atoms with Crippen molar-refractivity contribution in [2.45, 2.75) is 63.5 Å². The van der Waals surface area contributed by atoms with Gasteiger partial charge < -0.3 is 15.2 Å². The molecule has 7 nitrogen and oxygen atoms in total. The van der Waals surface area contributed by atoms with Gasteiger partial charge in [-0.05, 0) is 61.6 Å². The van der Waals surface area contributed by atoms with Crippen LogP contribution in [0.1, 0.15) is 60.7 Å². The Morgan fingerprint density at radius 1 is 1.36 bits per heavy atom. The number of hydrogen-bond acceptors (Lipinski definition) is 5. The number of hydrogen-bond donors (Lipinski definition) is 3. The number of aliphatic hydroxyl groups excluding tert-OH is 1. The van der Waals surface area contributed by atoms with Crippen LogP contribution in [0.15, 0.2) is 18.5 Å². The molecule has 3 N–H and O–H groups in total. The average Bonchev–Trinajstić information content (AvgIpc) is 3.11. The first kappa shape index (κ1) is 18.9. The number of pyridine rings is 1. The highest BCUT2D eigenvalue weighted by molar-refractivity contribution is 5.76. The van der Waals surface area contributed by atoms with E-state index < -0.39 is 0 Å². The molecule has 0 radical (unpaired) electrons. The Morgan fingerprint density at radius 2 is 2.18 bits per heavy atom. The molecule has 7 heteroatoms. The van der Waals surface area contributed by atoms with Crippen LogP contribution in [-0.2, 0) is 24.1 Å². The number of carbonyl (C=O) groups excluding carboxylic acids is 1. The number of carbonyl (C=O) groups is 1. The van der Waals surface area contributed by atoms with Crippen molar-refractivity contribution in [1.29, 1.82) is 0 Å². The molecule has 0 spiro atoms. The van der Waals surface area contributed by atoms with Crippen LogP contribution >= 0.6 is 0 Å². The Labute approximate surface area is 164 Å². The molecule has 1 atom stereocenters. The maximum Gasteiger partial charge on any atom is 0.220 e. The van der Waals surface area contributed by atoms with E-state index in [-0.39, 0.29) is 24.0 Å². The molecule has 4 rings (SSSR count). The fraction of sp³-hybridized carbons (Fsp3) is 0.571. The Kier molecular flexibility index (Phi) is 5.62. The van der Waals surface area contributed by atoms with Gasteiger partial charge in [0.05, 0.1) is 31.1 Å². The van der Waals surface area contributed by atoms with Gasteiger partial charge in [0.25, 0.3) is 0 Å². The van der Waals surface area contributed by atoms with E-state index in [0.29, 0.717) is 31.4 Å². The van der Waals surface area contributed by atoms with Gasteiger partial charge in [0.2, 0.25) is 5.91 Å². The van der Waals surface area contributed by atoms with E-state index >= 15 is 0 Å². The summed E-state index contributed by atoms with van der Waals surface area (Å²) in [6, 6.07) is 1.75. The van der Waals surface area contributed by atoms with Crippen LogP contribution in [0.5, 0.6) is 5.75 Å². The van der Waals surface area contributed by atoms with Crippen LogP contribution in [0.2, 0.25) is 0 Å². The van der Waals surface area contributed by atoms with Crippen molar-refractivity contribution in [3.05, 3.63) is 41.0 Å². The minimum Gasteiger partial charge on any atom is -0.495 e. The minimum atomic E-state index is -0.279. The van der Waals surface area contributed by atoms with Crippen LogP contribution in [0.3, 0.4) is 0 Å². The van der Waals surface area contributed by atoms with Crippen molar-refractivity contribution in [3.63, 3.8) is 0 Å². The normalized spacial score (nSPS) is 22.1. The summed E-state index contributed by atoms with van der Waals surface area (Å²) in [7, 11) is 1.60. The van der Waals surface area contributed by atoms with Crippen LogP contribution < -0.4 is 10.1 Å². The number of nitrogens with zero attached hydrogens (tertiary/aromatic N) is 2. The second kappa shape index (κ2) is 8.31. The number of aromatic nitrogens is 3. The molecule has 2 heterocycles. The summed E-state index contributed by atoms with van der Waals surface area (Å²) in [6.45, 7) is 0. The van der Waals surface area contributed by atoms with Gasteiger partial charge in [-0.2, -0.15) is 5.10 Å². The summed E-state index contributed by atoms with van der Waals surface area (Å²) < 4.78 is 5.28. The topological polar surface area (TPSA) is 100 Å². The summed E-state index contributed by atoms with van der Waals surface area (Å²) in [6.07, 6.45) is 10.1. The first-order valence-corrected chi connectivity index (χ1v) is 10.2. The number of amides is 1. The first-order valence-electron chi connectivity index (χ1n) is 10.2. The lowest BCUT2D eigenvalue weighted by Crippen LogP contribution is -2.41. The summed E-state index contributed by atoms with van der Waals surface area (Å²) in [5.74, 6) is 0.882. The standard InChI is InChI=1S/C21H28N4O3/c1-28-16-10-14(11-22-12-16)21(13-8-15(26)9-13)23-20(27)7-6-19-17-4-2-3-5-18(17)24-25-19/h10-13,15,21,26H,2-9H2,1H3,(H,23,27)(H,24,25). The highest BCUT2D eigenvalue weighted by Crippen LogP contribution is 2.38. The van der Waals surface area contributed by atoms with E-state index in [1.165, 1.54) is 24.1 Å². The Balaban J connectivity index is 1.41. The lowest BCUT2D eigenvalue weighted by Gasteiger charge is -2.38. The zero-order valence-electron chi connectivity index (χ0n) is 16.3. The molecular weight excluding hydrogens is 356 g/mol. The number of aliphatic hydroxyl groups is 1. The fourth-order valence-corrected chi connectivity index (χ4v) is 4.33. The number of methoxy groups -OCH3 is 1. The van der Waals surface area contributed by atoms with Crippen molar-refractivity contribution >= 4 is 5.91 Å². The van der Waals surface area contributed by atoms with Crippen molar-refractivity contribution in [2.24, 2.45) is 5.92 Å². The maximum atomic E-state index is 12.7. The Morgan fingerprint density at radius 3 is 2.96 bits per heavy atom. The van der Waals surface area contributed by atoms with E-state index in [1.54, 1.807) is 19.5 Å². The van der Waals surface area contributed by atoms with Crippen LogP contribution in [0.4, 0.5) is 0 Å². The summed E-state index contributed by atoms with van der Waals surface area (Å²) >= 11 is 0. The average molecular weight is 384 g/mol. The van der Waals surface area contributed by atoms with Crippen LogP contribution in [0.25, 0.3) is 0 Å². The SMILES string of the molecule is COc1cncc(C(NC(=O)CCc2n[nH]c3c2CCCC3)C2CC(O)C2)c1. The number of ether oxygens (including phenoxy) is 1. The van der Waals surface area contributed by atoms with Crippen molar-refractivity contribution < 1.29 is 14.6 Å². The fourth-order valence-electron chi connectivity index (χ4n) is 4.33. The predicted molar refractivity (Wildman–Crippen MR) is 104 cm³/mol. The third kappa shape index (κ3) is 4.04. The third-order valence-electron chi connectivity index (χ3n) is 6.00. The van der Waals surface area contributed by atoms with Crippen molar-refractivity contribution in [3.8, 4) is 5.75 Å². The molecule has 0 bridgehead atoms. The highest BCUT2D eigenvalue weighted by Gasteiger charge is 2.36. The molecule has 28 heavy (non-hydrogen) atoms. The quantitative estimate of drug-likeness (QED) is 0.680. The number of aromatic amines is 1. The Bertz CT molecular complexity index is 829. The molecule has 1 fully saturated rings. The first-order chi connectivity index (χ1) is 13.6. The monoisotopic (exact) mass is 384 g/mol.